The predicted octanol–water partition coefficient (Wildman–Crippen LogP) is 4.41. The Bertz CT molecular complexity index is 1260. The Hall–Kier alpha value is -3.58. The molecule has 0 unspecified atom stereocenters. The van der Waals surface area contributed by atoms with Gasteiger partial charge >= 0.3 is 6.03 Å². The zero-order valence-electron chi connectivity index (χ0n) is 17.8. The van der Waals surface area contributed by atoms with E-state index in [0.717, 1.165) is 12.1 Å². The van der Waals surface area contributed by atoms with Gasteiger partial charge in [-0.1, -0.05) is 29.8 Å². The Morgan fingerprint density at radius 2 is 1.64 bits per heavy atom. The Balaban J connectivity index is 1.32. The third-order valence-electron chi connectivity index (χ3n) is 6.26. The molecule has 3 aromatic rings. The van der Waals surface area contributed by atoms with Crippen molar-refractivity contribution >= 4 is 34.9 Å². The number of nitrogens with one attached hydrogen (secondary N) is 2. The number of piperidine rings is 1. The molecule has 33 heavy (non-hydrogen) atoms. The van der Waals surface area contributed by atoms with E-state index in [9.17, 15) is 14.4 Å². The molecule has 0 spiro atoms. The topological polar surface area (TPSA) is 83.4 Å². The molecule has 0 aliphatic carbocycles. The molecule has 1 fully saturated rings. The van der Waals surface area contributed by atoms with Crippen LogP contribution in [0.5, 0.6) is 0 Å². The SMILES string of the molecule is O=C(Nc1ccc(Cl)cc1)Nc1ccc2n(c1=O)C[C@@H]1C[C@@H]2CN(C(=O)c2ccccc2)C1. The van der Waals surface area contributed by atoms with E-state index in [1.807, 2.05) is 41.3 Å². The predicted molar refractivity (Wildman–Crippen MR) is 128 cm³/mol. The van der Waals surface area contributed by atoms with Crippen molar-refractivity contribution in [3.8, 4) is 0 Å². The molecule has 5 rings (SSSR count). The summed E-state index contributed by atoms with van der Waals surface area (Å²) >= 11 is 5.87. The van der Waals surface area contributed by atoms with Crippen LogP contribution >= 0.6 is 11.6 Å². The second kappa shape index (κ2) is 8.75. The number of rotatable bonds is 3. The molecule has 1 aromatic heterocycles. The number of carbonyl (C=O) groups excluding carboxylic acids is 2. The lowest BCUT2D eigenvalue weighted by Crippen LogP contribution is -2.49. The second-order valence-electron chi connectivity index (χ2n) is 8.55. The third-order valence-corrected chi connectivity index (χ3v) is 6.51. The van der Waals surface area contributed by atoms with Gasteiger partial charge in [0.25, 0.3) is 11.5 Å². The monoisotopic (exact) mass is 462 g/mol. The van der Waals surface area contributed by atoms with Gasteiger partial charge in [-0.3, -0.25) is 9.59 Å². The number of likely N-dealkylation sites (tertiary alicyclic amines) is 1. The van der Waals surface area contributed by atoms with Crippen LogP contribution in [-0.2, 0) is 6.54 Å². The highest BCUT2D eigenvalue weighted by atomic mass is 35.5. The molecule has 1 saturated heterocycles. The quantitative estimate of drug-likeness (QED) is 0.605. The molecule has 3 heterocycles. The largest absolute Gasteiger partial charge is 0.338 e. The molecule has 2 aliphatic rings. The maximum atomic E-state index is 13.1. The van der Waals surface area contributed by atoms with Crippen LogP contribution in [0.3, 0.4) is 0 Å². The lowest BCUT2D eigenvalue weighted by Gasteiger charge is -2.43. The van der Waals surface area contributed by atoms with Crippen molar-refractivity contribution in [2.24, 2.45) is 5.92 Å². The van der Waals surface area contributed by atoms with Gasteiger partial charge in [0, 0.05) is 47.5 Å². The maximum Gasteiger partial charge on any atom is 0.323 e. The fourth-order valence-electron chi connectivity index (χ4n) is 4.79. The van der Waals surface area contributed by atoms with Crippen molar-refractivity contribution in [1.82, 2.24) is 9.47 Å². The maximum absolute atomic E-state index is 13.1. The number of amides is 3. The summed E-state index contributed by atoms with van der Waals surface area (Å²) in [6.45, 7) is 1.72. The van der Waals surface area contributed by atoms with E-state index in [1.54, 1.807) is 34.9 Å². The molecular weight excluding hydrogens is 440 g/mol. The molecule has 3 amide bonds. The molecule has 0 saturated carbocycles. The zero-order chi connectivity index (χ0) is 22.9. The summed E-state index contributed by atoms with van der Waals surface area (Å²) < 4.78 is 1.75. The minimum absolute atomic E-state index is 0.0262. The Kier molecular flexibility index (Phi) is 5.64. The number of halogens is 1. The molecule has 2 aromatic carbocycles. The number of hydrogen-bond acceptors (Lipinski definition) is 3. The number of fused-ring (bicyclic) bond motifs is 4. The van der Waals surface area contributed by atoms with E-state index >= 15 is 0 Å². The van der Waals surface area contributed by atoms with Gasteiger partial charge in [0.05, 0.1) is 0 Å². The average Bonchev–Trinajstić information content (AvgIpc) is 2.82. The lowest BCUT2D eigenvalue weighted by molar-refractivity contribution is 0.0594. The summed E-state index contributed by atoms with van der Waals surface area (Å²) in [5.74, 6) is 0.313. The van der Waals surface area contributed by atoms with Crippen LogP contribution in [0.15, 0.2) is 71.5 Å². The number of aromatic nitrogens is 1. The van der Waals surface area contributed by atoms with Gasteiger partial charge < -0.3 is 20.1 Å². The molecule has 7 nitrogen and oxygen atoms in total. The fraction of sp³-hybridized carbons (Fsp3) is 0.240. The van der Waals surface area contributed by atoms with E-state index in [1.165, 1.54) is 0 Å². The van der Waals surface area contributed by atoms with Crippen molar-refractivity contribution in [2.75, 3.05) is 23.7 Å². The normalized spacial score (nSPS) is 18.9. The van der Waals surface area contributed by atoms with Gasteiger partial charge in [0.1, 0.15) is 5.69 Å². The number of pyridine rings is 1. The summed E-state index contributed by atoms with van der Waals surface area (Å²) in [7, 11) is 0. The van der Waals surface area contributed by atoms with Crippen LogP contribution in [0.1, 0.15) is 28.4 Å². The molecule has 0 radical (unpaired) electrons. The Morgan fingerprint density at radius 1 is 0.879 bits per heavy atom. The summed E-state index contributed by atoms with van der Waals surface area (Å²) in [5, 5.41) is 5.93. The average molecular weight is 463 g/mol. The van der Waals surface area contributed by atoms with Crippen LogP contribution in [0.4, 0.5) is 16.2 Å². The van der Waals surface area contributed by atoms with E-state index in [-0.39, 0.29) is 29.0 Å². The molecule has 2 N–H and O–H groups in total. The lowest BCUT2D eigenvalue weighted by atomic mass is 9.83. The van der Waals surface area contributed by atoms with Gasteiger partial charge in [-0.15, -0.1) is 0 Å². The Morgan fingerprint density at radius 3 is 2.39 bits per heavy atom. The minimum atomic E-state index is -0.495. The van der Waals surface area contributed by atoms with Gasteiger partial charge in [0.15, 0.2) is 0 Å². The molecular formula is C25H23ClN4O3. The van der Waals surface area contributed by atoms with Crippen molar-refractivity contribution in [3.63, 3.8) is 0 Å². The first kappa shape index (κ1) is 21.3. The smallest absolute Gasteiger partial charge is 0.323 e. The number of carbonyl (C=O) groups is 2. The number of anilines is 2. The van der Waals surface area contributed by atoms with E-state index < -0.39 is 6.03 Å². The van der Waals surface area contributed by atoms with Crippen LogP contribution in [0.2, 0.25) is 5.02 Å². The molecule has 168 valence electrons. The fourth-order valence-corrected chi connectivity index (χ4v) is 4.91. The summed E-state index contributed by atoms with van der Waals surface area (Å²) in [6, 6.07) is 19.1. The zero-order valence-corrected chi connectivity index (χ0v) is 18.6. The van der Waals surface area contributed by atoms with Crippen molar-refractivity contribution in [3.05, 3.63) is 93.4 Å². The highest BCUT2D eigenvalue weighted by Gasteiger charge is 2.37. The molecule has 2 atom stereocenters. The van der Waals surface area contributed by atoms with Crippen LogP contribution in [0.25, 0.3) is 0 Å². The number of urea groups is 1. The third kappa shape index (κ3) is 4.36. The number of nitrogens with zero attached hydrogens (tertiary/aromatic N) is 2. The van der Waals surface area contributed by atoms with Gasteiger partial charge in [0.2, 0.25) is 0 Å². The second-order valence-corrected chi connectivity index (χ2v) is 8.98. The van der Waals surface area contributed by atoms with E-state index in [2.05, 4.69) is 10.6 Å². The number of hydrogen-bond donors (Lipinski definition) is 2. The first-order valence-corrected chi connectivity index (χ1v) is 11.3. The molecule has 8 heteroatoms. The highest BCUT2D eigenvalue weighted by Crippen LogP contribution is 2.36. The standard InChI is InChI=1S/C25H23ClN4O3/c26-19-6-8-20(9-7-19)27-25(33)28-21-10-11-22-18-12-16(14-30(22)24(21)32)13-29(15-18)23(31)17-4-2-1-3-5-17/h1-11,16,18H,12-15H2,(H2,27,28,33)/t16-,18-/m1/s1. The van der Waals surface area contributed by atoms with Crippen LogP contribution in [-0.4, -0.2) is 34.5 Å². The molecule has 2 bridgehead atoms. The van der Waals surface area contributed by atoms with Crippen molar-refractivity contribution in [2.45, 2.75) is 18.9 Å². The van der Waals surface area contributed by atoms with Gasteiger partial charge in [-0.2, -0.15) is 0 Å². The van der Waals surface area contributed by atoms with Crippen molar-refractivity contribution in [1.29, 1.82) is 0 Å². The van der Waals surface area contributed by atoms with Crippen LogP contribution < -0.4 is 16.2 Å². The first-order chi connectivity index (χ1) is 16.0. The summed E-state index contributed by atoms with van der Waals surface area (Å²) in [6.07, 6.45) is 0.946. The minimum Gasteiger partial charge on any atom is -0.338 e. The van der Waals surface area contributed by atoms with E-state index in [0.29, 0.717) is 35.9 Å². The van der Waals surface area contributed by atoms with Gasteiger partial charge in [-0.05, 0) is 60.9 Å². The number of benzene rings is 2. The Labute approximate surface area is 196 Å². The molecule has 2 aliphatic heterocycles. The summed E-state index contributed by atoms with van der Waals surface area (Å²) in [4.78, 5) is 40.4. The van der Waals surface area contributed by atoms with Gasteiger partial charge in [-0.25, -0.2) is 4.79 Å². The first-order valence-electron chi connectivity index (χ1n) is 10.9. The summed E-state index contributed by atoms with van der Waals surface area (Å²) in [5.41, 5.74) is 2.16. The highest BCUT2D eigenvalue weighted by molar-refractivity contribution is 6.30. The van der Waals surface area contributed by atoms with E-state index in [4.69, 9.17) is 11.6 Å². The van der Waals surface area contributed by atoms with Crippen molar-refractivity contribution < 1.29 is 9.59 Å². The van der Waals surface area contributed by atoms with Crippen LogP contribution in [0, 0.1) is 5.92 Å².